The van der Waals surface area contributed by atoms with Crippen LogP contribution in [-0.2, 0) is 4.74 Å². The van der Waals surface area contributed by atoms with Crippen molar-refractivity contribution in [3.05, 3.63) is 41.7 Å². The summed E-state index contributed by atoms with van der Waals surface area (Å²) < 4.78 is 5.00. The first-order valence-electron chi connectivity index (χ1n) is 8.80. The van der Waals surface area contributed by atoms with Crippen molar-refractivity contribution in [2.24, 2.45) is 0 Å². The standard InChI is InChI=1S/C19H24N4O2/c1-3-25-19(24)15-7-9-16(10-8-15)22-17-13-18(21-14(2)20-17)23-11-5-4-6-12-23/h7-10,13H,3-6,11-12H2,1-2H3,(H,20,21,22). The number of carbonyl (C=O) groups excluding carboxylic acids is 1. The Labute approximate surface area is 148 Å². The molecule has 132 valence electrons. The number of hydrogen-bond acceptors (Lipinski definition) is 6. The summed E-state index contributed by atoms with van der Waals surface area (Å²) >= 11 is 0. The first-order valence-corrected chi connectivity index (χ1v) is 8.80. The zero-order valence-corrected chi connectivity index (χ0v) is 14.8. The molecule has 1 aliphatic rings. The van der Waals surface area contributed by atoms with Crippen LogP contribution in [0.2, 0.25) is 0 Å². The SMILES string of the molecule is CCOC(=O)c1ccc(Nc2cc(N3CCCCC3)nc(C)n2)cc1. The highest BCUT2D eigenvalue weighted by atomic mass is 16.5. The molecule has 1 N–H and O–H groups in total. The van der Waals surface area contributed by atoms with Crippen molar-refractivity contribution >= 4 is 23.3 Å². The fourth-order valence-corrected chi connectivity index (χ4v) is 2.95. The molecule has 1 saturated heterocycles. The van der Waals surface area contributed by atoms with Crippen LogP contribution in [0.15, 0.2) is 30.3 Å². The lowest BCUT2D eigenvalue weighted by Crippen LogP contribution is -2.30. The Morgan fingerprint density at radius 1 is 1.16 bits per heavy atom. The molecule has 2 aromatic rings. The van der Waals surface area contributed by atoms with Crippen molar-refractivity contribution in [1.82, 2.24) is 9.97 Å². The van der Waals surface area contributed by atoms with Crippen LogP contribution in [-0.4, -0.2) is 35.6 Å². The van der Waals surface area contributed by atoms with Crippen LogP contribution < -0.4 is 10.2 Å². The first-order chi connectivity index (χ1) is 12.2. The van der Waals surface area contributed by atoms with E-state index < -0.39 is 0 Å². The molecule has 0 radical (unpaired) electrons. The van der Waals surface area contributed by atoms with Crippen LogP contribution in [0.5, 0.6) is 0 Å². The van der Waals surface area contributed by atoms with Crippen molar-refractivity contribution in [2.75, 3.05) is 29.9 Å². The summed E-state index contributed by atoms with van der Waals surface area (Å²) in [5, 5.41) is 3.29. The highest BCUT2D eigenvalue weighted by Crippen LogP contribution is 2.23. The Balaban J connectivity index is 1.73. The minimum atomic E-state index is -0.306. The van der Waals surface area contributed by atoms with E-state index >= 15 is 0 Å². The maximum absolute atomic E-state index is 11.7. The molecule has 1 aromatic heterocycles. The number of carbonyl (C=O) groups is 1. The molecule has 0 spiro atoms. The van der Waals surface area contributed by atoms with Gasteiger partial charge in [0.05, 0.1) is 12.2 Å². The van der Waals surface area contributed by atoms with Gasteiger partial charge in [-0.2, -0.15) is 0 Å². The zero-order valence-electron chi connectivity index (χ0n) is 14.8. The lowest BCUT2D eigenvalue weighted by atomic mass is 10.1. The van der Waals surface area contributed by atoms with E-state index in [4.69, 9.17) is 4.74 Å². The first kappa shape index (κ1) is 17.2. The predicted octanol–water partition coefficient (Wildman–Crippen LogP) is 3.70. The summed E-state index contributed by atoms with van der Waals surface area (Å²) in [6.07, 6.45) is 3.71. The molecule has 0 atom stereocenters. The molecule has 1 aliphatic heterocycles. The molecule has 2 heterocycles. The molecular formula is C19H24N4O2. The summed E-state index contributed by atoms with van der Waals surface area (Å²) in [6, 6.07) is 9.19. The van der Waals surface area contributed by atoms with Crippen molar-refractivity contribution in [3.63, 3.8) is 0 Å². The minimum absolute atomic E-state index is 0.306. The van der Waals surface area contributed by atoms with E-state index in [0.717, 1.165) is 36.2 Å². The smallest absolute Gasteiger partial charge is 0.338 e. The van der Waals surface area contributed by atoms with Crippen LogP contribution in [0.3, 0.4) is 0 Å². The monoisotopic (exact) mass is 340 g/mol. The van der Waals surface area contributed by atoms with Gasteiger partial charge in [-0.15, -0.1) is 0 Å². The van der Waals surface area contributed by atoms with Crippen LogP contribution >= 0.6 is 0 Å². The van der Waals surface area contributed by atoms with Crippen molar-refractivity contribution in [1.29, 1.82) is 0 Å². The highest BCUT2D eigenvalue weighted by Gasteiger charge is 2.14. The fraction of sp³-hybridized carbons (Fsp3) is 0.421. The zero-order chi connectivity index (χ0) is 17.6. The second-order valence-electron chi connectivity index (χ2n) is 6.13. The number of rotatable bonds is 5. The summed E-state index contributed by atoms with van der Waals surface area (Å²) in [5.74, 6) is 2.17. The number of nitrogens with one attached hydrogen (secondary N) is 1. The van der Waals surface area contributed by atoms with Crippen molar-refractivity contribution in [2.45, 2.75) is 33.1 Å². The van der Waals surface area contributed by atoms with Gasteiger partial charge in [-0.1, -0.05) is 0 Å². The molecule has 0 unspecified atom stereocenters. The van der Waals surface area contributed by atoms with Gasteiger partial charge < -0.3 is 15.0 Å². The third kappa shape index (κ3) is 4.47. The fourth-order valence-electron chi connectivity index (χ4n) is 2.95. The Kier molecular flexibility index (Phi) is 5.48. The predicted molar refractivity (Wildman–Crippen MR) is 98.5 cm³/mol. The van der Waals surface area contributed by atoms with Gasteiger partial charge in [0.15, 0.2) is 0 Å². The second-order valence-corrected chi connectivity index (χ2v) is 6.13. The minimum Gasteiger partial charge on any atom is -0.462 e. The number of benzene rings is 1. The normalized spacial score (nSPS) is 14.2. The van der Waals surface area contributed by atoms with Crippen molar-refractivity contribution in [3.8, 4) is 0 Å². The number of piperidine rings is 1. The van der Waals surface area contributed by atoms with Crippen LogP contribution in [0.4, 0.5) is 17.3 Å². The number of esters is 1. The molecule has 0 saturated carbocycles. The van der Waals surface area contributed by atoms with Gasteiger partial charge in [-0.05, 0) is 57.4 Å². The Bertz CT molecular complexity index is 725. The molecule has 25 heavy (non-hydrogen) atoms. The number of aryl methyl sites for hydroxylation is 1. The maximum Gasteiger partial charge on any atom is 0.338 e. The summed E-state index contributed by atoms with van der Waals surface area (Å²) in [4.78, 5) is 23.1. The average Bonchev–Trinajstić information content (AvgIpc) is 2.63. The van der Waals surface area contributed by atoms with E-state index in [1.54, 1.807) is 19.1 Å². The van der Waals surface area contributed by atoms with E-state index in [1.165, 1.54) is 19.3 Å². The van der Waals surface area contributed by atoms with E-state index in [0.29, 0.717) is 12.2 Å². The highest BCUT2D eigenvalue weighted by molar-refractivity contribution is 5.89. The van der Waals surface area contributed by atoms with Gasteiger partial charge in [0.1, 0.15) is 17.5 Å². The van der Waals surface area contributed by atoms with Gasteiger partial charge in [-0.25, -0.2) is 14.8 Å². The van der Waals surface area contributed by atoms with E-state index in [2.05, 4.69) is 20.2 Å². The molecule has 3 rings (SSSR count). The topological polar surface area (TPSA) is 67.3 Å². The lowest BCUT2D eigenvalue weighted by Gasteiger charge is -2.28. The summed E-state index contributed by atoms with van der Waals surface area (Å²) in [6.45, 7) is 6.17. The Hall–Kier alpha value is -2.63. The Morgan fingerprint density at radius 2 is 1.88 bits per heavy atom. The second kappa shape index (κ2) is 7.96. The number of anilines is 3. The van der Waals surface area contributed by atoms with E-state index in [1.807, 2.05) is 25.1 Å². The third-order valence-corrected chi connectivity index (χ3v) is 4.17. The van der Waals surface area contributed by atoms with Crippen LogP contribution in [0.25, 0.3) is 0 Å². The van der Waals surface area contributed by atoms with Gasteiger partial charge >= 0.3 is 5.97 Å². The molecule has 0 aliphatic carbocycles. The average molecular weight is 340 g/mol. The number of ether oxygens (including phenoxy) is 1. The molecule has 1 aromatic carbocycles. The summed E-state index contributed by atoms with van der Waals surface area (Å²) in [5.41, 5.74) is 1.41. The molecule has 6 heteroatoms. The third-order valence-electron chi connectivity index (χ3n) is 4.17. The van der Waals surface area contributed by atoms with E-state index in [-0.39, 0.29) is 5.97 Å². The van der Waals surface area contributed by atoms with Crippen LogP contribution in [0, 0.1) is 6.92 Å². The molecule has 1 fully saturated rings. The Morgan fingerprint density at radius 3 is 2.56 bits per heavy atom. The molecular weight excluding hydrogens is 316 g/mol. The van der Waals surface area contributed by atoms with Crippen LogP contribution in [0.1, 0.15) is 42.4 Å². The largest absolute Gasteiger partial charge is 0.462 e. The molecule has 0 bridgehead atoms. The lowest BCUT2D eigenvalue weighted by molar-refractivity contribution is 0.0526. The maximum atomic E-state index is 11.7. The molecule has 6 nitrogen and oxygen atoms in total. The van der Waals surface area contributed by atoms with Gasteiger partial charge in [-0.3, -0.25) is 0 Å². The van der Waals surface area contributed by atoms with E-state index in [9.17, 15) is 4.79 Å². The summed E-state index contributed by atoms with van der Waals surface area (Å²) in [7, 11) is 0. The van der Waals surface area contributed by atoms with Gasteiger partial charge in [0.2, 0.25) is 0 Å². The quantitative estimate of drug-likeness (QED) is 0.837. The number of aromatic nitrogens is 2. The van der Waals surface area contributed by atoms with Gasteiger partial charge in [0, 0.05) is 24.8 Å². The molecule has 0 amide bonds. The number of nitrogens with zero attached hydrogens (tertiary/aromatic N) is 3. The van der Waals surface area contributed by atoms with Crippen molar-refractivity contribution < 1.29 is 9.53 Å². The number of hydrogen-bond donors (Lipinski definition) is 1. The van der Waals surface area contributed by atoms with Gasteiger partial charge in [0.25, 0.3) is 0 Å².